The molecule has 4 nitrogen and oxygen atoms in total. The van der Waals surface area contributed by atoms with Crippen molar-refractivity contribution < 1.29 is 9.47 Å². The SMILES string of the molecule is c1ccc2c(c1)C[C@H]1OC(CC3=N[C@@H]4c5ccccc5C[C@H]4O3)=N[C@H]21. The average Bonchev–Trinajstić information content (AvgIpc) is 3.33. The van der Waals surface area contributed by atoms with Gasteiger partial charge in [-0.1, -0.05) is 48.5 Å². The molecular weight excluding hydrogens is 312 g/mol. The Hall–Kier alpha value is -2.62. The fourth-order valence-electron chi connectivity index (χ4n) is 4.62. The highest BCUT2D eigenvalue weighted by atomic mass is 16.5. The van der Waals surface area contributed by atoms with E-state index in [1.54, 1.807) is 0 Å². The Kier molecular flexibility index (Phi) is 2.70. The topological polar surface area (TPSA) is 43.2 Å². The van der Waals surface area contributed by atoms with E-state index in [-0.39, 0.29) is 24.3 Å². The molecule has 0 bridgehead atoms. The summed E-state index contributed by atoms with van der Waals surface area (Å²) in [6.45, 7) is 0. The highest BCUT2D eigenvalue weighted by molar-refractivity contribution is 5.98. The average molecular weight is 330 g/mol. The molecule has 6 rings (SSSR count). The van der Waals surface area contributed by atoms with Gasteiger partial charge in [0, 0.05) is 12.8 Å². The maximum Gasteiger partial charge on any atom is 0.193 e. The lowest BCUT2D eigenvalue weighted by Crippen LogP contribution is -2.17. The van der Waals surface area contributed by atoms with Crippen molar-refractivity contribution in [2.75, 3.05) is 0 Å². The maximum absolute atomic E-state index is 6.11. The monoisotopic (exact) mass is 330 g/mol. The minimum absolute atomic E-state index is 0.147. The Balaban J connectivity index is 1.23. The van der Waals surface area contributed by atoms with E-state index in [0.29, 0.717) is 6.42 Å². The molecule has 2 aromatic rings. The van der Waals surface area contributed by atoms with Gasteiger partial charge in [0.1, 0.15) is 24.3 Å². The summed E-state index contributed by atoms with van der Waals surface area (Å²) in [5, 5.41) is 0. The summed E-state index contributed by atoms with van der Waals surface area (Å²) >= 11 is 0. The lowest BCUT2D eigenvalue weighted by Gasteiger charge is -2.10. The molecule has 4 aliphatic rings. The molecule has 2 aromatic carbocycles. The van der Waals surface area contributed by atoms with Gasteiger partial charge in [-0.3, -0.25) is 0 Å². The summed E-state index contributed by atoms with van der Waals surface area (Å²) in [5.41, 5.74) is 5.34. The maximum atomic E-state index is 6.11. The minimum Gasteiger partial charge on any atom is -0.474 e. The number of aliphatic imine (C=N–C) groups is 2. The van der Waals surface area contributed by atoms with Gasteiger partial charge in [0.25, 0.3) is 0 Å². The van der Waals surface area contributed by atoms with Crippen LogP contribution in [0.1, 0.15) is 40.8 Å². The molecule has 0 spiro atoms. The lowest BCUT2D eigenvalue weighted by atomic mass is 10.1. The van der Waals surface area contributed by atoms with E-state index in [1.807, 2.05) is 0 Å². The van der Waals surface area contributed by atoms with Gasteiger partial charge < -0.3 is 9.47 Å². The first-order valence-electron chi connectivity index (χ1n) is 8.97. The molecule has 25 heavy (non-hydrogen) atoms. The van der Waals surface area contributed by atoms with E-state index in [9.17, 15) is 0 Å². The van der Waals surface area contributed by atoms with Crippen molar-refractivity contribution in [1.29, 1.82) is 0 Å². The zero-order chi connectivity index (χ0) is 16.4. The Morgan fingerprint density at radius 1 is 0.720 bits per heavy atom. The Morgan fingerprint density at radius 3 is 1.72 bits per heavy atom. The first kappa shape index (κ1) is 13.6. The third-order valence-electron chi connectivity index (χ3n) is 5.74. The van der Waals surface area contributed by atoms with Crippen molar-refractivity contribution in [3.05, 3.63) is 70.8 Å². The number of hydrogen-bond donors (Lipinski definition) is 0. The molecule has 0 radical (unpaired) electrons. The molecule has 0 unspecified atom stereocenters. The summed E-state index contributed by atoms with van der Waals surface area (Å²) < 4.78 is 12.2. The van der Waals surface area contributed by atoms with Crippen molar-refractivity contribution in [2.45, 2.75) is 43.6 Å². The summed E-state index contributed by atoms with van der Waals surface area (Å²) in [4.78, 5) is 9.65. The highest BCUT2D eigenvalue weighted by Crippen LogP contribution is 2.42. The number of rotatable bonds is 2. The van der Waals surface area contributed by atoms with E-state index in [2.05, 4.69) is 48.5 Å². The van der Waals surface area contributed by atoms with Crippen LogP contribution >= 0.6 is 0 Å². The summed E-state index contributed by atoms with van der Waals surface area (Å²) in [6.07, 6.45) is 2.76. The van der Waals surface area contributed by atoms with Gasteiger partial charge >= 0.3 is 0 Å². The van der Waals surface area contributed by atoms with Gasteiger partial charge in [-0.15, -0.1) is 0 Å². The van der Waals surface area contributed by atoms with E-state index < -0.39 is 0 Å². The molecular formula is C21H18N2O2. The minimum atomic E-state index is 0.147. The lowest BCUT2D eigenvalue weighted by molar-refractivity contribution is 0.192. The van der Waals surface area contributed by atoms with E-state index in [1.165, 1.54) is 22.3 Å². The van der Waals surface area contributed by atoms with Gasteiger partial charge in [0.05, 0.1) is 6.42 Å². The quantitative estimate of drug-likeness (QED) is 0.845. The van der Waals surface area contributed by atoms with Crippen molar-refractivity contribution in [2.24, 2.45) is 9.98 Å². The molecule has 124 valence electrons. The van der Waals surface area contributed by atoms with Gasteiger partial charge in [-0.05, 0) is 22.3 Å². The van der Waals surface area contributed by atoms with Crippen LogP contribution in [-0.4, -0.2) is 24.0 Å². The second-order valence-corrected chi connectivity index (χ2v) is 7.23. The summed E-state index contributed by atoms with van der Waals surface area (Å²) in [6, 6.07) is 17.3. The standard InChI is InChI=1S/C21H18N2O2/c1-3-7-14-12(5-1)9-16-20(14)22-18(24-16)11-19-23-21-15-8-4-2-6-13(15)10-17(21)25-19/h1-8,16-17,20-21H,9-11H2/t16-,17-,20-,21-/m1/s1. The molecule has 2 heterocycles. The van der Waals surface area contributed by atoms with Crippen LogP contribution in [0.15, 0.2) is 58.5 Å². The first-order chi connectivity index (χ1) is 12.3. The predicted octanol–water partition coefficient (Wildman–Crippen LogP) is 3.57. The van der Waals surface area contributed by atoms with Gasteiger partial charge in [-0.25, -0.2) is 9.98 Å². The largest absolute Gasteiger partial charge is 0.474 e. The van der Waals surface area contributed by atoms with Crippen LogP contribution in [0.25, 0.3) is 0 Å². The van der Waals surface area contributed by atoms with Crippen LogP contribution in [0.5, 0.6) is 0 Å². The Morgan fingerprint density at radius 2 is 1.20 bits per heavy atom. The van der Waals surface area contributed by atoms with Crippen molar-refractivity contribution in [1.82, 2.24) is 0 Å². The zero-order valence-corrected chi connectivity index (χ0v) is 13.8. The second kappa shape index (κ2) is 4.94. The van der Waals surface area contributed by atoms with Gasteiger partial charge in [-0.2, -0.15) is 0 Å². The van der Waals surface area contributed by atoms with Gasteiger partial charge in [0.15, 0.2) is 11.8 Å². The molecule has 0 fully saturated rings. The molecule has 0 saturated carbocycles. The fourth-order valence-corrected chi connectivity index (χ4v) is 4.62. The number of hydrogen-bond acceptors (Lipinski definition) is 4. The molecule has 2 aliphatic carbocycles. The second-order valence-electron chi connectivity index (χ2n) is 7.23. The summed E-state index contributed by atoms with van der Waals surface area (Å²) in [5.74, 6) is 1.55. The molecule has 0 amide bonds. The Bertz CT molecular complexity index is 857. The van der Waals surface area contributed by atoms with Crippen LogP contribution in [0.2, 0.25) is 0 Å². The van der Waals surface area contributed by atoms with Crippen LogP contribution in [-0.2, 0) is 22.3 Å². The normalized spacial score (nSPS) is 30.6. The molecule has 0 aromatic heterocycles. The van der Waals surface area contributed by atoms with Crippen LogP contribution in [0, 0.1) is 0 Å². The molecule has 2 aliphatic heterocycles. The van der Waals surface area contributed by atoms with E-state index in [4.69, 9.17) is 19.5 Å². The zero-order valence-electron chi connectivity index (χ0n) is 13.8. The molecule has 4 heteroatoms. The predicted molar refractivity (Wildman–Crippen MR) is 95.0 cm³/mol. The van der Waals surface area contributed by atoms with Crippen LogP contribution in [0.4, 0.5) is 0 Å². The molecule has 4 atom stereocenters. The first-order valence-corrected chi connectivity index (χ1v) is 8.97. The van der Waals surface area contributed by atoms with Gasteiger partial charge in [0.2, 0.25) is 0 Å². The number of benzene rings is 2. The van der Waals surface area contributed by atoms with Crippen molar-refractivity contribution in [3.8, 4) is 0 Å². The summed E-state index contributed by atoms with van der Waals surface area (Å²) in [7, 11) is 0. The third-order valence-corrected chi connectivity index (χ3v) is 5.74. The van der Waals surface area contributed by atoms with Crippen LogP contribution in [0.3, 0.4) is 0 Å². The number of nitrogens with zero attached hydrogens (tertiary/aromatic N) is 2. The third kappa shape index (κ3) is 2.00. The van der Waals surface area contributed by atoms with Crippen LogP contribution < -0.4 is 0 Å². The van der Waals surface area contributed by atoms with E-state index >= 15 is 0 Å². The van der Waals surface area contributed by atoms with Crippen molar-refractivity contribution >= 4 is 11.8 Å². The van der Waals surface area contributed by atoms with E-state index in [0.717, 1.165) is 24.6 Å². The fraction of sp³-hybridized carbons (Fsp3) is 0.333. The molecule has 0 saturated heterocycles. The Labute approximate surface area is 146 Å². The number of fused-ring (bicyclic) bond motifs is 6. The molecule has 0 N–H and O–H groups in total. The smallest absolute Gasteiger partial charge is 0.193 e. The highest BCUT2D eigenvalue weighted by Gasteiger charge is 2.42. The number of ether oxygens (including phenoxy) is 2. The van der Waals surface area contributed by atoms with Crippen molar-refractivity contribution in [3.63, 3.8) is 0 Å².